The summed E-state index contributed by atoms with van der Waals surface area (Å²) in [5.41, 5.74) is 2.53. The number of hydrogen-bond acceptors (Lipinski definition) is 6. The Bertz CT molecular complexity index is 966. The van der Waals surface area contributed by atoms with Crippen LogP contribution >= 0.6 is 0 Å². The van der Waals surface area contributed by atoms with Crippen molar-refractivity contribution < 1.29 is 9.59 Å². The maximum atomic E-state index is 12.4. The summed E-state index contributed by atoms with van der Waals surface area (Å²) in [5.74, 6) is 0.732. The first-order valence-corrected chi connectivity index (χ1v) is 12.0. The summed E-state index contributed by atoms with van der Waals surface area (Å²) in [7, 11) is 4.00. The van der Waals surface area contributed by atoms with Crippen LogP contribution in [-0.4, -0.2) is 73.1 Å². The van der Waals surface area contributed by atoms with Crippen LogP contribution in [0.4, 0.5) is 16.3 Å². The molecule has 0 radical (unpaired) electrons. The molecular weight excluding hydrogens is 418 g/mol. The van der Waals surface area contributed by atoms with Crippen molar-refractivity contribution in [2.24, 2.45) is 5.92 Å². The third-order valence-electron chi connectivity index (χ3n) is 6.54. The molecule has 9 nitrogen and oxygen atoms in total. The summed E-state index contributed by atoms with van der Waals surface area (Å²) < 4.78 is 0. The molecule has 3 amide bonds. The van der Waals surface area contributed by atoms with Gasteiger partial charge in [-0.1, -0.05) is 12.8 Å². The van der Waals surface area contributed by atoms with Gasteiger partial charge in [0.25, 0.3) is 0 Å². The average Bonchev–Trinajstić information content (AvgIpc) is 3.31. The number of nitrogens with one attached hydrogen (secondary N) is 3. The van der Waals surface area contributed by atoms with Crippen molar-refractivity contribution in [3.8, 4) is 0 Å². The monoisotopic (exact) mass is 453 g/mol. The van der Waals surface area contributed by atoms with Crippen LogP contribution in [0.15, 0.2) is 24.4 Å². The lowest BCUT2D eigenvalue weighted by atomic mass is 9.95. The molecule has 33 heavy (non-hydrogen) atoms. The number of fused-ring (bicyclic) bond motifs is 1. The predicted octanol–water partition coefficient (Wildman–Crippen LogP) is 2.59. The minimum absolute atomic E-state index is 0.0594. The van der Waals surface area contributed by atoms with Crippen LogP contribution in [0.2, 0.25) is 0 Å². The Kier molecular flexibility index (Phi) is 7.59. The van der Waals surface area contributed by atoms with Gasteiger partial charge in [-0.25, -0.2) is 9.78 Å². The molecule has 1 aliphatic heterocycles. The van der Waals surface area contributed by atoms with Crippen LogP contribution in [0.1, 0.15) is 38.5 Å². The Balaban J connectivity index is 1.33. The van der Waals surface area contributed by atoms with E-state index in [2.05, 4.69) is 35.7 Å². The lowest BCUT2D eigenvalue weighted by Gasteiger charge is -2.33. The highest BCUT2D eigenvalue weighted by Gasteiger charge is 2.25. The van der Waals surface area contributed by atoms with Gasteiger partial charge in [0.15, 0.2) is 0 Å². The maximum Gasteiger partial charge on any atom is 0.320 e. The number of likely N-dealkylation sites (N-methyl/N-ethyl adjacent to an activating group) is 1. The molecule has 3 heterocycles. The number of rotatable bonds is 7. The molecule has 2 aliphatic rings. The SMILES string of the molecule is CN(C)CCNC(=O)C1CCN(c2cnc3ccc(NC(=O)NC4CCCC4)nc3c2)CC1. The van der Waals surface area contributed by atoms with E-state index in [0.717, 1.165) is 62.0 Å². The second-order valence-corrected chi connectivity index (χ2v) is 9.36. The quantitative estimate of drug-likeness (QED) is 0.596. The number of hydrogen-bond donors (Lipinski definition) is 3. The smallest absolute Gasteiger partial charge is 0.320 e. The summed E-state index contributed by atoms with van der Waals surface area (Å²) in [6.45, 7) is 3.14. The topological polar surface area (TPSA) is 102 Å². The second-order valence-electron chi connectivity index (χ2n) is 9.36. The summed E-state index contributed by atoms with van der Waals surface area (Å²) in [4.78, 5) is 38.2. The molecule has 0 spiro atoms. The highest BCUT2D eigenvalue weighted by Crippen LogP contribution is 2.26. The van der Waals surface area contributed by atoms with Crippen molar-refractivity contribution in [3.05, 3.63) is 24.4 Å². The van der Waals surface area contributed by atoms with E-state index >= 15 is 0 Å². The lowest BCUT2D eigenvalue weighted by molar-refractivity contribution is -0.125. The summed E-state index contributed by atoms with van der Waals surface area (Å²) in [6, 6.07) is 5.73. The lowest BCUT2D eigenvalue weighted by Crippen LogP contribution is -2.42. The van der Waals surface area contributed by atoms with Crippen LogP contribution in [0.3, 0.4) is 0 Å². The van der Waals surface area contributed by atoms with Crippen LogP contribution in [-0.2, 0) is 4.79 Å². The zero-order valence-electron chi connectivity index (χ0n) is 19.6. The molecule has 0 aromatic carbocycles. The van der Waals surface area contributed by atoms with Crippen molar-refractivity contribution in [1.82, 2.24) is 25.5 Å². The Labute approximate surface area is 195 Å². The molecule has 0 unspecified atom stereocenters. The zero-order chi connectivity index (χ0) is 23.2. The zero-order valence-corrected chi connectivity index (χ0v) is 19.6. The first kappa shape index (κ1) is 23.2. The number of carbonyl (C=O) groups excluding carboxylic acids is 2. The van der Waals surface area contributed by atoms with Crippen molar-refractivity contribution in [2.75, 3.05) is 50.5 Å². The van der Waals surface area contributed by atoms with Crippen LogP contribution in [0.25, 0.3) is 11.0 Å². The summed E-state index contributed by atoms with van der Waals surface area (Å²) >= 11 is 0. The molecule has 1 aliphatic carbocycles. The summed E-state index contributed by atoms with van der Waals surface area (Å²) in [6.07, 6.45) is 7.93. The number of anilines is 2. The molecule has 9 heteroatoms. The average molecular weight is 454 g/mol. The molecular formula is C24H35N7O2. The molecule has 3 N–H and O–H groups in total. The van der Waals surface area contributed by atoms with Crippen molar-refractivity contribution in [3.63, 3.8) is 0 Å². The fraction of sp³-hybridized carbons (Fsp3) is 0.583. The van der Waals surface area contributed by atoms with E-state index in [1.807, 2.05) is 32.4 Å². The summed E-state index contributed by atoms with van der Waals surface area (Å²) in [5, 5.41) is 8.92. The Morgan fingerprint density at radius 3 is 2.58 bits per heavy atom. The Hall–Kier alpha value is -2.94. The number of urea groups is 1. The Morgan fingerprint density at radius 2 is 1.85 bits per heavy atom. The minimum Gasteiger partial charge on any atom is -0.370 e. The van der Waals surface area contributed by atoms with Crippen molar-refractivity contribution in [2.45, 2.75) is 44.6 Å². The van der Waals surface area contributed by atoms with Crippen LogP contribution < -0.4 is 20.9 Å². The van der Waals surface area contributed by atoms with Crippen molar-refractivity contribution in [1.29, 1.82) is 0 Å². The van der Waals surface area contributed by atoms with Gasteiger partial charge in [-0.05, 0) is 58.0 Å². The predicted molar refractivity (Wildman–Crippen MR) is 130 cm³/mol. The number of carbonyl (C=O) groups is 2. The second kappa shape index (κ2) is 10.8. The van der Waals surface area contributed by atoms with Gasteiger partial charge < -0.3 is 20.4 Å². The van der Waals surface area contributed by atoms with E-state index in [4.69, 9.17) is 0 Å². The first-order valence-electron chi connectivity index (χ1n) is 12.0. The number of amides is 3. The fourth-order valence-electron chi connectivity index (χ4n) is 4.59. The van der Waals surface area contributed by atoms with Gasteiger partial charge in [-0.15, -0.1) is 0 Å². The fourth-order valence-corrected chi connectivity index (χ4v) is 4.59. The third kappa shape index (κ3) is 6.31. The van der Waals surface area contributed by atoms with Gasteiger partial charge in [0.1, 0.15) is 5.82 Å². The third-order valence-corrected chi connectivity index (χ3v) is 6.54. The van der Waals surface area contributed by atoms with E-state index in [0.29, 0.717) is 12.4 Å². The van der Waals surface area contributed by atoms with Crippen LogP contribution in [0.5, 0.6) is 0 Å². The van der Waals surface area contributed by atoms with Gasteiger partial charge >= 0.3 is 6.03 Å². The number of nitrogens with zero attached hydrogens (tertiary/aromatic N) is 4. The molecule has 0 bridgehead atoms. The largest absolute Gasteiger partial charge is 0.370 e. The van der Waals surface area contributed by atoms with Gasteiger partial charge in [0.2, 0.25) is 5.91 Å². The van der Waals surface area contributed by atoms with E-state index in [-0.39, 0.29) is 23.9 Å². The molecule has 1 saturated heterocycles. The van der Waals surface area contributed by atoms with Crippen LogP contribution in [0, 0.1) is 5.92 Å². The molecule has 2 aromatic heterocycles. The molecule has 2 fully saturated rings. The molecule has 4 rings (SSSR count). The van der Waals surface area contributed by atoms with Gasteiger partial charge in [0.05, 0.1) is 22.9 Å². The molecule has 178 valence electrons. The number of aromatic nitrogens is 2. The minimum atomic E-state index is -0.205. The van der Waals surface area contributed by atoms with E-state index < -0.39 is 0 Å². The van der Waals surface area contributed by atoms with Gasteiger partial charge in [0, 0.05) is 38.1 Å². The highest BCUT2D eigenvalue weighted by molar-refractivity contribution is 5.90. The highest BCUT2D eigenvalue weighted by atomic mass is 16.2. The molecule has 2 aromatic rings. The number of piperidine rings is 1. The van der Waals surface area contributed by atoms with E-state index in [9.17, 15) is 9.59 Å². The normalized spacial score (nSPS) is 17.5. The standard InChI is InChI=1S/C24H35N7O2/c1-30(2)14-11-25-23(32)17-9-12-31(13-10-17)19-15-21-20(26-16-19)7-8-22(28-21)29-24(33)27-18-5-3-4-6-18/h7-8,15-18H,3-6,9-14H2,1-2H3,(H,25,32)(H2,27,28,29,33). The molecule has 1 saturated carbocycles. The van der Waals surface area contributed by atoms with Gasteiger partial charge in [-0.3, -0.25) is 15.1 Å². The number of pyridine rings is 2. The Morgan fingerprint density at radius 1 is 1.09 bits per heavy atom. The molecule has 0 atom stereocenters. The van der Waals surface area contributed by atoms with Crippen molar-refractivity contribution >= 4 is 34.5 Å². The van der Waals surface area contributed by atoms with E-state index in [1.165, 1.54) is 12.8 Å². The first-order chi connectivity index (χ1) is 16.0. The van der Waals surface area contributed by atoms with E-state index in [1.54, 1.807) is 6.07 Å². The van der Waals surface area contributed by atoms with Gasteiger partial charge in [-0.2, -0.15) is 0 Å². The maximum absolute atomic E-state index is 12.4.